The summed E-state index contributed by atoms with van der Waals surface area (Å²) in [4.78, 5) is 22.2. The predicted octanol–water partition coefficient (Wildman–Crippen LogP) is 0.823. The third-order valence-electron chi connectivity index (χ3n) is 3.15. The van der Waals surface area contributed by atoms with E-state index in [0.717, 1.165) is 12.8 Å². The van der Waals surface area contributed by atoms with Crippen LogP contribution in [0.5, 0.6) is 5.75 Å². The fraction of sp³-hybridized carbons (Fsp3) is 0.417. The number of carbonyl (C=O) groups is 1. The summed E-state index contributed by atoms with van der Waals surface area (Å²) in [6, 6.07) is 4.32. The van der Waals surface area contributed by atoms with E-state index in [0.29, 0.717) is 0 Å². The van der Waals surface area contributed by atoms with Gasteiger partial charge in [0.05, 0.1) is 12.0 Å². The molecule has 0 unspecified atom stereocenters. The number of benzene rings is 1. The Balaban J connectivity index is 2.13. The van der Waals surface area contributed by atoms with Crippen molar-refractivity contribution in [2.45, 2.75) is 24.9 Å². The van der Waals surface area contributed by atoms with Crippen LogP contribution < -0.4 is 15.8 Å². The molecule has 1 amide bonds. The molecule has 1 fully saturated rings. The Morgan fingerprint density at radius 3 is 2.74 bits per heavy atom. The number of rotatable bonds is 4. The van der Waals surface area contributed by atoms with Crippen LogP contribution in [0.1, 0.15) is 23.2 Å². The van der Waals surface area contributed by atoms with Crippen molar-refractivity contribution in [2.24, 2.45) is 5.73 Å². The molecular weight excluding hydrogens is 250 g/mol. The van der Waals surface area contributed by atoms with Gasteiger partial charge in [-0.1, -0.05) is 0 Å². The average Bonchev–Trinajstić information content (AvgIpc) is 2.35. The van der Waals surface area contributed by atoms with Crippen molar-refractivity contribution in [2.75, 3.05) is 7.11 Å². The van der Waals surface area contributed by atoms with E-state index in [1.54, 1.807) is 0 Å². The van der Waals surface area contributed by atoms with Crippen LogP contribution in [-0.4, -0.2) is 30.0 Å². The zero-order chi connectivity index (χ0) is 14.0. The summed E-state index contributed by atoms with van der Waals surface area (Å²) in [5.41, 5.74) is 5.65. The Kier molecular flexibility index (Phi) is 3.66. The molecule has 0 aliphatic heterocycles. The van der Waals surface area contributed by atoms with E-state index in [-0.39, 0.29) is 35.0 Å². The van der Waals surface area contributed by atoms with Crippen LogP contribution in [0.25, 0.3) is 0 Å². The highest BCUT2D eigenvalue weighted by Crippen LogP contribution is 2.27. The zero-order valence-electron chi connectivity index (χ0n) is 10.5. The van der Waals surface area contributed by atoms with Gasteiger partial charge in [-0.15, -0.1) is 0 Å². The van der Waals surface area contributed by atoms with Gasteiger partial charge in [-0.2, -0.15) is 0 Å². The lowest BCUT2D eigenvalue weighted by atomic mass is 9.87. The molecule has 0 spiro atoms. The summed E-state index contributed by atoms with van der Waals surface area (Å²) in [6.45, 7) is 0. The average molecular weight is 265 g/mol. The fourth-order valence-electron chi connectivity index (χ4n) is 2.02. The molecule has 0 heterocycles. The largest absolute Gasteiger partial charge is 0.490 e. The van der Waals surface area contributed by atoms with E-state index in [1.807, 2.05) is 0 Å². The van der Waals surface area contributed by atoms with Gasteiger partial charge in [0.15, 0.2) is 5.75 Å². The first-order chi connectivity index (χ1) is 9.01. The number of nitro benzene ring substituents is 1. The molecule has 7 heteroatoms. The maximum absolute atomic E-state index is 11.9. The molecule has 1 aliphatic carbocycles. The zero-order valence-corrected chi connectivity index (χ0v) is 10.5. The molecule has 7 nitrogen and oxygen atoms in total. The molecule has 1 saturated carbocycles. The van der Waals surface area contributed by atoms with Gasteiger partial charge in [-0.05, 0) is 25.0 Å². The van der Waals surface area contributed by atoms with Crippen molar-refractivity contribution < 1.29 is 14.5 Å². The van der Waals surface area contributed by atoms with E-state index in [2.05, 4.69) is 5.32 Å². The molecule has 0 atom stereocenters. The summed E-state index contributed by atoms with van der Waals surface area (Å²) >= 11 is 0. The number of hydrogen-bond acceptors (Lipinski definition) is 5. The predicted molar refractivity (Wildman–Crippen MR) is 68.1 cm³/mol. The lowest BCUT2D eigenvalue weighted by Crippen LogP contribution is -2.50. The first-order valence-corrected chi connectivity index (χ1v) is 5.90. The number of nitrogens with two attached hydrogens (primary N) is 1. The maximum atomic E-state index is 11.9. The van der Waals surface area contributed by atoms with Crippen LogP contribution in [-0.2, 0) is 0 Å². The molecular formula is C12H15N3O4. The molecule has 19 heavy (non-hydrogen) atoms. The van der Waals surface area contributed by atoms with Crippen molar-refractivity contribution in [3.63, 3.8) is 0 Å². The summed E-state index contributed by atoms with van der Waals surface area (Å²) in [5.74, 6) is -0.199. The highest BCUT2D eigenvalue weighted by molar-refractivity contribution is 5.95. The van der Waals surface area contributed by atoms with Crippen molar-refractivity contribution in [1.82, 2.24) is 5.32 Å². The van der Waals surface area contributed by atoms with Gasteiger partial charge in [-0.25, -0.2) is 0 Å². The Hall–Kier alpha value is -2.15. The second kappa shape index (κ2) is 5.23. The first-order valence-electron chi connectivity index (χ1n) is 5.90. The van der Waals surface area contributed by atoms with Crippen LogP contribution in [0.2, 0.25) is 0 Å². The van der Waals surface area contributed by atoms with Gasteiger partial charge < -0.3 is 15.8 Å². The smallest absolute Gasteiger partial charge is 0.311 e. The van der Waals surface area contributed by atoms with Crippen LogP contribution in [0.15, 0.2) is 18.2 Å². The number of ether oxygens (including phenoxy) is 1. The Labute approximate surface area is 109 Å². The summed E-state index contributed by atoms with van der Waals surface area (Å²) in [6.07, 6.45) is 1.48. The Morgan fingerprint density at radius 2 is 2.21 bits per heavy atom. The van der Waals surface area contributed by atoms with E-state index in [4.69, 9.17) is 10.5 Å². The topological polar surface area (TPSA) is 107 Å². The summed E-state index contributed by atoms with van der Waals surface area (Å²) in [7, 11) is 1.35. The number of nitrogens with zero attached hydrogens (tertiary/aromatic N) is 1. The molecule has 2 rings (SSSR count). The molecule has 102 valence electrons. The SMILES string of the molecule is COc1ccc(C(=O)NC2CC(N)C2)cc1[N+](=O)[O-]. The van der Waals surface area contributed by atoms with Crippen LogP contribution >= 0.6 is 0 Å². The first kappa shape index (κ1) is 13.3. The van der Waals surface area contributed by atoms with Gasteiger partial charge in [0.2, 0.25) is 0 Å². The normalized spacial score (nSPS) is 21.4. The Bertz CT molecular complexity index is 512. The molecule has 3 N–H and O–H groups in total. The van der Waals surface area contributed by atoms with E-state index in [9.17, 15) is 14.9 Å². The number of hydrogen-bond donors (Lipinski definition) is 2. The number of carbonyl (C=O) groups excluding carboxylic acids is 1. The lowest BCUT2D eigenvalue weighted by Gasteiger charge is -2.32. The molecule has 1 aromatic carbocycles. The minimum atomic E-state index is -0.575. The van der Waals surface area contributed by atoms with Gasteiger partial charge in [-0.3, -0.25) is 14.9 Å². The Morgan fingerprint density at radius 1 is 1.53 bits per heavy atom. The molecule has 1 aliphatic rings. The minimum Gasteiger partial charge on any atom is -0.490 e. The molecule has 0 bridgehead atoms. The van der Waals surface area contributed by atoms with Gasteiger partial charge in [0, 0.05) is 23.7 Å². The van der Waals surface area contributed by atoms with Crippen LogP contribution in [0.4, 0.5) is 5.69 Å². The third-order valence-corrected chi connectivity index (χ3v) is 3.15. The number of nitrogens with one attached hydrogen (secondary N) is 1. The minimum absolute atomic E-state index is 0.0589. The van der Waals surface area contributed by atoms with E-state index >= 15 is 0 Å². The fourth-order valence-corrected chi connectivity index (χ4v) is 2.02. The second-order valence-corrected chi connectivity index (χ2v) is 4.55. The molecule has 0 radical (unpaired) electrons. The van der Waals surface area contributed by atoms with Crippen LogP contribution in [0.3, 0.4) is 0 Å². The van der Waals surface area contributed by atoms with Crippen molar-refractivity contribution >= 4 is 11.6 Å². The summed E-state index contributed by atoms with van der Waals surface area (Å²) < 4.78 is 4.88. The molecule has 0 saturated heterocycles. The van der Waals surface area contributed by atoms with E-state index < -0.39 is 4.92 Å². The molecule has 1 aromatic rings. The van der Waals surface area contributed by atoms with Crippen molar-refractivity contribution in [3.8, 4) is 5.75 Å². The summed E-state index contributed by atoms with van der Waals surface area (Å²) in [5, 5.41) is 13.6. The lowest BCUT2D eigenvalue weighted by molar-refractivity contribution is -0.385. The van der Waals surface area contributed by atoms with E-state index in [1.165, 1.54) is 25.3 Å². The van der Waals surface area contributed by atoms with Crippen molar-refractivity contribution in [1.29, 1.82) is 0 Å². The standard InChI is InChI=1S/C12H15N3O4/c1-19-11-3-2-7(4-10(11)15(17)18)12(16)14-9-5-8(13)6-9/h2-4,8-9H,5-6,13H2,1H3,(H,14,16). The van der Waals surface area contributed by atoms with Gasteiger partial charge in [0.1, 0.15) is 0 Å². The highest BCUT2D eigenvalue weighted by atomic mass is 16.6. The number of methoxy groups -OCH3 is 1. The highest BCUT2D eigenvalue weighted by Gasteiger charge is 2.28. The van der Waals surface area contributed by atoms with Crippen LogP contribution in [0, 0.1) is 10.1 Å². The quantitative estimate of drug-likeness (QED) is 0.619. The monoisotopic (exact) mass is 265 g/mol. The van der Waals surface area contributed by atoms with Gasteiger partial charge in [0.25, 0.3) is 5.91 Å². The number of amides is 1. The van der Waals surface area contributed by atoms with Gasteiger partial charge >= 0.3 is 5.69 Å². The molecule has 0 aromatic heterocycles. The van der Waals surface area contributed by atoms with Crippen molar-refractivity contribution in [3.05, 3.63) is 33.9 Å². The number of nitro groups is 1. The third kappa shape index (κ3) is 2.82. The maximum Gasteiger partial charge on any atom is 0.311 e. The second-order valence-electron chi connectivity index (χ2n) is 4.55.